The fraction of sp³-hybridized carbons (Fsp3) is 0.278. The molecule has 0 bridgehead atoms. The van der Waals surface area contributed by atoms with Crippen molar-refractivity contribution < 1.29 is 9.47 Å². The lowest BCUT2D eigenvalue weighted by molar-refractivity contribution is 0.171. The second-order valence-corrected chi connectivity index (χ2v) is 7.38. The molecule has 0 atom stereocenters. The van der Waals surface area contributed by atoms with Crippen LogP contribution in [0.1, 0.15) is 16.7 Å². The number of aromatic nitrogens is 4. The smallest absolute Gasteiger partial charge is 0.214 e. The Morgan fingerprint density at radius 3 is 2.81 bits per heavy atom. The van der Waals surface area contributed by atoms with E-state index in [1.54, 1.807) is 16.4 Å². The maximum atomic E-state index is 6.31. The molecule has 0 radical (unpaired) electrons. The number of hydrogen-bond acceptors (Lipinski definition) is 6. The number of rotatable bonds is 4. The molecule has 1 aliphatic rings. The maximum Gasteiger partial charge on any atom is 0.214 e. The van der Waals surface area contributed by atoms with Crippen LogP contribution in [-0.4, -0.2) is 33.4 Å². The van der Waals surface area contributed by atoms with E-state index in [-0.39, 0.29) is 0 Å². The van der Waals surface area contributed by atoms with Gasteiger partial charge in [0.1, 0.15) is 13.2 Å². The zero-order valence-corrected chi connectivity index (χ0v) is 16.0. The van der Waals surface area contributed by atoms with E-state index in [9.17, 15) is 0 Å². The number of benzene rings is 2. The van der Waals surface area contributed by atoms with Crippen LogP contribution in [0.3, 0.4) is 0 Å². The van der Waals surface area contributed by atoms with Gasteiger partial charge in [-0.3, -0.25) is 0 Å². The summed E-state index contributed by atoms with van der Waals surface area (Å²) < 4.78 is 12.9. The van der Waals surface area contributed by atoms with Gasteiger partial charge in [0.15, 0.2) is 11.5 Å². The van der Waals surface area contributed by atoms with Gasteiger partial charge < -0.3 is 9.47 Å². The Kier molecular flexibility index (Phi) is 4.74. The third kappa shape index (κ3) is 3.37. The van der Waals surface area contributed by atoms with Gasteiger partial charge in [0.2, 0.25) is 5.16 Å². The topological polar surface area (TPSA) is 62.1 Å². The molecule has 1 aromatic heterocycles. The summed E-state index contributed by atoms with van der Waals surface area (Å²) in [7, 11) is 0. The Bertz CT molecular complexity index is 960. The minimum Gasteiger partial charge on any atom is -0.486 e. The Morgan fingerprint density at radius 1 is 1.12 bits per heavy atom. The van der Waals surface area contributed by atoms with E-state index in [2.05, 4.69) is 41.5 Å². The Morgan fingerprint density at radius 2 is 1.96 bits per heavy atom. The molecule has 26 heavy (non-hydrogen) atoms. The number of hydrogen-bond donors (Lipinski definition) is 0. The minimum absolute atomic E-state index is 0.519. The summed E-state index contributed by atoms with van der Waals surface area (Å²) in [5, 5.41) is 13.4. The predicted octanol–water partition coefficient (Wildman–Crippen LogP) is 4.00. The number of tetrazole rings is 1. The van der Waals surface area contributed by atoms with Crippen LogP contribution in [0.15, 0.2) is 35.5 Å². The molecule has 3 aromatic rings. The largest absolute Gasteiger partial charge is 0.486 e. The fourth-order valence-electron chi connectivity index (χ4n) is 2.68. The Hall–Kier alpha value is -2.25. The van der Waals surface area contributed by atoms with E-state index in [0.717, 1.165) is 16.4 Å². The SMILES string of the molecule is Cc1ccc(-n2nnnc2SCc2cc(Cl)c3c(c2)OCCO3)cc1C. The van der Waals surface area contributed by atoms with Crippen molar-refractivity contribution in [2.75, 3.05) is 13.2 Å². The van der Waals surface area contributed by atoms with Gasteiger partial charge in [-0.15, -0.1) is 5.10 Å². The fourth-order valence-corrected chi connectivity index (χ4v) is 3.79. The Labute approximate surface area is 160 Å². The number of fused-ring (bicyclic) bond motifs is 1. The van der Waals surface area contributed by atoms with Crippen molar-refractivity contribution in [2.24, 2.45) is 0 Å². The number of nitrogens with zero attached hydrogens (tertiary/aromatic N) is 4. The van der Waals surface area contributed by atoms with Crippen molar-refractivity contribution >= 4 is 23.4 Å². The van der Waals surface area contributed by atoms with Crippen LogP contribution in [0.2, 0.25) is 5.02 Å². The van der Waals surface area contributed by atoms with Crippen LogP contribution in [0.25, 0.3) is 5.69 Å². The molecule has 0 fully saturated rings. The first-order chi connectivity index (χ1) is 12.6. The molecule has 0 amide bonds. The highest BCUT2D eigenvalue weighted by atomic mass is 35.5. The number of ether oxygens (including phenoxy) is 2. The van der Waals surface area contributed by atoms with Gasteiger partial charge in [0.25, 0.3) is 0 Å². The highest BCUT2D eigenvalue weighted by molar-refractivity contribution is 7.98. The van der Waals surface area contributed by atoms with E-state index in [1.165, 1.54) is 11.1 Å². The average molecular weight is 389 g/mol. The van der Waals surface area contributed by atoms with Crippen LogP contribution in [0.4, 0.5) is 0 Å². The van der Waals surface area contributed by atoms with Crippen molar-refractivity contribution in [3.05, 3.63) is 52.0 Å². The summed E-state index contributed by atoms with van der Waals surface area (Å²) in [6, 6.07) is 10.0. The van der Waals surface area contributed by atoms with Crippen molar-refractivity contribution in [1.82, 2.24) is 20.2 Å². The predicted molar refractivity (Wildman–Crippen MR) is 101 cm³/mol. The van der Waals surface area contributed by atoms with Gasteiger partial charge in [-0.1, -0.05) is 29.4 Å². The normalized spacial score (nSPS) is 13.0. The number of halogens is 1. The third-order valence-corrected chi connectivity index (χ3v) is 5.47. The van der Waals surface area contributed by atoms with Gasteiger partial charge >= 0.3 is 0 Å². The van der Waals surface area contributed by atoms with Crippen molar-refractivity contribution in [1.29, 1.82) is 0 Å². The summed E-state index contributed by atoms with van der Waals surface area (Å²) >= 11 is 7.85. The van der Waals surface area contributed by atoms with Gasteiger partial charge in [-0.25, -0.2) is 0 Å². The lowest BCUT2D eigenvalue weighted by Crippen LogP contribution is -2.15. The van der Waals surface area contributed by atoms with Gasteiger partial charge in [-0.05, 0) is 65.2 Å². The van der Waals surface area contributed by atoms with E-state index in [0.29, 0.717) is 35.5 Å². The van der Waals surface area contributed by atoms with Crippen LogP contribution in [0.5, 0.6) is 11.5 Å². The van der Waals surface area contributed by atoms with Gasteiger partial charge in [0.05, 0.1) is 10.7 Å². The first-order valence-electron chi connectivity index (χ1n) is 8.18. The van der Waals surface area contributed by atoms with E-state index in [4.69, 9.17) is 21.1 Å². The van der Waals surface area contributed by atoms with Crippen LogP contribution >= 0.6 is 23.4 Å². The molecule has 0 spiro atoms. The zero-order chi connectivity index (χ0) is 18.1. The number of thioether (sulfide) groups is 1. The zero-order valence-electron chi connectivity index (χ0n) is 14.4. The summed E-state index contributed by atoms with van der Waals surface area (Å²) in [5.74, 6) is 1.97. The molecular formula is C18H17ClN4O2S. The molecule has 0 saturated heterocycles. The highest BCUT2D eigenvalue weighted by Gasteiger charge is 2.17. The molecule has 1 aliphatic heterocycles. The highest BCUT2D eigenvalue weighted by Crippen LogP contribution is 2.39. The van der Waals surface area contributed by atoms with E-state index in [1.807, 2.05) is 18.2 Å². The molecule has 2 aromatic carbocycles. The van der Waals surface area contributed by atoms with E-state index >= 15 is 0 Å². The van der Waals surface area contributed by atoms with Crippen LogP contribution in [-0.2, 0) is 5.75 Å². The van der Waals surface area contributed by atoms with Gasteiger partial charge in [0, 0.05) is 5.75 Å². The second-order valence-electron chi connectivity index (χ2n) is 6.03. The molecule has 6 nitrogen and oxygen atoms in total. The van der Waals surface area contributed by atoms with Gasteiger partial charge in [-0.2, -0.15) is 4.68 Å². The summed E-state index contributed by atoms with van der Waals surface area (Å²) in [6.45, 7) is 5.21. The number of aryl methyl sites for hydroxylation is 2. The van der Waals surface area contributed by atoms with Crippen molar-refractivity contribution in [3.63, 3.8) is 0 Å². The maximum absolute atomic E-state index is 6.31. The standard InChI is InChI=1S/C18H17ClN4O2S/c1-11-3-4-14(7-12(11)2)23-18(20-21-22-23)26-10-13-8-15(19)17-16(9-13)24-5-6-25-17/h3-4,7-9H,5-6,10H2,1-2H3. The monoisotopic (exact) mass is 388 g/mol. The van der Waals surface area contributed by atoms with E-state index < -0.39 is 0 Å². The lowest BCUT2D eigenvalue weighted by Gasteiger charge is -2.20. The van der Waals surface area contributed by atoms with Crippen LogP contribution in [0, 0.1) is 13.8 Å². The molecule has 4 rings (SSSR count). The quantitative estimate of drug-likeness (QED) is 0.629. The molecule has 0 unspecified atom stereocenters. The molecular weight excluding hydrogens is 372 g/mol. The first kappa shape index (κ1) is 17.2. The minimum atomic E-state index is 0.519. The lowest BCUT2D eigenvalue weighted by atomic mass is 10.1. The first-order valence-corrected chi connectivity index (χ1v) is 9.55. The molecule has 0 N–H and O–H groups in total. The summed E-state index contributed by atoms with van der Waals surface area (Å²) in [4.78, 5) is 0. The molecule has 0 saturated carbocycles. The second kappa shape index (κ2) is 7.17. The summed E-state index contributed by atoms with van der Waals surface area (Å²) in [5.41, 5.74) is 4.41. The third-order valence-electron chi connectivity index (χ3n) is 4.20. The molecule has 2 heterocycles. The molecule has 134 valence electrons. The van der Waals surface area contributed by atoms with Crippen LogP contribution < -0.4 is 9.47 Å². The summed E-state index contributed by atoms with van der Waals surface area (Å²) in [6.07, 6.45) is 0. The van der Waals surface area contributed by atoms with Crippen molar-refractivity contribution in [3.8, 4) is 17.2 Å². The molecule has 8 heteroatoms. The van der Waals surface area contributed by atoms with Crippen molar-refractivity contribution in [2.45, 2.75) is 24.8 Å². The molecule has 0 aliphatic carbocycles. The average Bonchev–Trinajstić information content (AvgIpc) is 3.11. The Balaban J connectivity index is 1.55.